The second-order valence-electron chi connectivity index (χ2n) is 3.75. The van der Waals surface area contributed by atoms with Crippen molar-refractivity contribution >= 4 is 23.5 Å². The zero-order valence-electron chi connectivity index (χ0n) is 9.64. The maximum absolute atomic E-state index is 12.7. The second kappa shape index (κ2) is 5.58. The third-order valence-corrected chi connectivity index (χ3v) is 2.61. The van der Waals surface area contributed by atoms with Crippen LogP contribution in [-0.4, -0.2) is 16.4 Å². The maximum atomic E-state index is 12.7. The Balaban J connectivity index is 2.09. The van der Waals surface area contributed by atoms with Crippen LogP contribution in [0, 0.1) is 5.82 Å². The molecule has 0 aliphatic heterocycles. The van der Waals surface area contributed by atoms with Gasteiger partial charge in [0.15, 0.2) is 11.5 Å². The van der Waals surface area contributed by atoms with Crippen LogP contribution in [0.5, 0.6) is 11.5 Å². The van der Waals surface area contributed by atoms with Crippen molar-refractivity contribution in [3.63, 3.8) is 0 Å². The van der Waals surface area contributed by atoms with Crippen molar-refractivity contribution < 1.29 is 14.6 Å². The maximum Gasteiger partial charge on any atom is 0.176 e. The van der Waals surface area contributed by atoms with Crippen molar-refractivity contribution in [3.8, 4) is 11.5 Å². The number of anilines is 1. The lowest BCUT2D eigenvalue weighted by atomic mass is 10.2. The molecule has 6 heteroatoms. The molecule has 98 valence electrons. The van der Waals surface area contributed by atoms with E-state index in [9.17, 15) is 14.6 Å². The van der Waals surface area contributed by atoms with E-state index >= 15 is 0 Å². The molecule has 19 heavy (non-hydrogen) atoms. The number of hydrogen-bond donors (Lipinski definition) is 3. The molecule has 0 aliphatic rings. The second-order valence-corrected chi connectivity index (χ2v) is 4.15. The third kappa shape index (κ3) is 3.35. The molecule has 0 amide bonds. The molecule has 0 atom stereocenters. The molecule has 3 N–H and O–H groups in total. The average Bonchev–Trinajstić information content (AvgIpc) is 2.38. The Morgan fingerprint density at radius 2 is 1.84 bits per heavy atom. The van der Waals surface area contributed by atoms with Crippen molar-refractivity contribution in [2.24, 2.45) is 5.10 Å². The molecular weight excluding hydrogens is 271 g/mol. The van der Waals surface area contributed by atoms with Gasteiger partial charge < -0.3 is 10.2 Å². The fraction of sp³-hybridized carbons (Fsp3) is 0. The average molecular weight is 281 g/mol. The van der Waals surface area contributed by atoms with Gasteiger partial charge in [-0.3, -0.25) is 5.43 Å². The van der Waals surface area contributed by atoms with Gasteiger partial charge in [0.1, 0.15) is 5.82 Å². The van der Waals surface area contributed by atoms with Gasteiger partial charge in [-0.1, -0.05) is 11.6 Å². The molecule has 0 radical (unpaired) electrons. The summed E-state index contributed by atoms with van der Waals surface area (Å²) in [6.07, 6.45) is 1.41. The summed E-state index contributed by atoms with van der Waals surface area (Å²) in [6, 6.07) is 8.45. The smallest absolute Gasteiger partial charge is 0.176 e. The Kier molecular flexibility index (Phi) is 3.87. The van der Waals surface area contributed by atoms with E-state index in [-0.39, 0.29) is 22.3 Å². The normalized spacial score (nSPS) is 10.8. The van der Waals surface area contributed by atoms with E-state index in [1.165, 1.54) is 42.6 Å². The van der Waals surface area contributed by atoms with Gasteiger partial charge in [-0.15, -0.1) is 0 Å². The Bertz CT molecular complexity index is 592. The summed E-state index contributed by atoms with van der Waals surface area (Å²) in [6.45, 7) is 0. The highest BCUT2D eigenvalue weighted by atomic mass is 35.5. The highest BCUT2D eigenvalue weighted by molar-refractivity contribution is 6.32. The summed E-state index contributed by atoms with van der Waals surface area (Å²) < 4.78 is 12.7. The Labute approximate surface area is 113 Å². The molecule has 0 heterocycles. The summed E-state index contributed by atoms with van der Waals surface area (Å²) in [5.74, 6) is -1.02. The van der Waals surface area contributed by atoms with Crippen molar-refractivity contribution in [2.45, 2.75) is 0 Å². The molecule has 0 unspecified atom stereocenters. The van der Waals surface area contributed by atoms with Gasteiger partial charge in [0.2, 0.25) is 0 Å². The number of rotatable bonds is 3. The minimum absolute atomic E-state index is 0.0308. The highest BCUT2D eigenvalue weighted by Gasteiger charge is 2.05. The van der Waals surface area contributed by atoms with Crippen molar-refractivity contribution in [2.75, 3.05) is 5.43 Å². The molecule has 0 aromatic heterocycles. The summed E-state index contributed by atoms with van der Waals surface area (Å²) in [7, 11) is 0. The first kappa shape index (κ1) is 13.2. The summed E-state index contributed by atoms with van der Waals surface area (Å²) in [5.41, 5.74) is 3.82. The van der Waals surface area contributed by atoms with Crippen LogP contribution in [0.3, 0.4) is 0 Å². The van der Waals surface area contributed by atoms with Crippen molar-refractivity contribution in [1.82, 2.24) is 0 Å². The molecule has 0 bridgehead atoms. The van der Waals surface area contributed by atoms with E-state index in [1.54, 1.807) is 0 Å². The first-order valence-corrected chi connectivity index (χ1v) is 5.70. The number of phenolic OH excluding ortho intramolecular Hbond substituents is 2. The molecule has 4 nitrogen and oxygen atoms in total. The van der Waals surface area contributed by atoms with Crippen molar-refractivity contribution in [1.29, 1.82) is 0 Å². The number of halogens is 2. The standard InChI is InChI=1S/C13H10ClFN2O2/c14-11-5-8(6-12(18)13(11)19)7-16-17-10-3-1-9(15)2-4-10/h1-7,17-19H/b16-7+. The molecule has 2 aromatic carbocycles. The van der Waals surface area contributed by atoms with E-state index in [4.69, 9.17) is 11.6 Å². The van der Waals surface area contributed by atoms with E-state index in [0.717, 1.165) is 0 Å². The molecule has 0 aliphatic carbocycles. The lowest BCUT2D eigenvalue weighted by Crippen LogP contribution is -1.91. The van der Waals surface area contributed by atoms with Gasteiger partial charge in [-0.05, 0) is 42.0 Å². The molecular formula is C13H10ClFN2O2. The van der Waals surface area contributed by atoms with Crippen LogP contribution in [0.2, 0.25) is 5.02 Å². The van der Waals surface area contributed by atoms with Crippen molar-refractivity contribution in [3.05, 3.63) is 52.8 Å². The predicted octanol–water partition coefficient (Wildman–Crippen LogP) is 3.34. The summed E-state index contributed by atoms with van der Waals surface area (Å²) >= 11 is 5.70. The predicted molar refractivity (Wildman–Crippen MR) is 72.4 cm³/mol. The van der Waals surface area contributed by atoms with Gasteiger partial charge in [0, 0.05) is 0 Å². The van der Waals surface area contributed by atoms with Gasteiger partial charge in [0.25, 0.3) is 0 Å². The topological polar surface area (TPSA) is 64.9 Å². The van der Waals surface area contributed by atoms with Gasteiger partial charge >= 0.3 is 0 Å². The molecule has 0 spiro atoms. The number of hydrogen-bond acceptors (Lipinski definition) is 4. The minimum atomic E-state index is -0.370. The minimum Gasteiger partial charge on any atom is -0.504 e. The zero-order chi connectivity index (χ0) is 13.8. The molecule has 2 rings (SSSR count). The van der Waals surface area contributed by atoms with Crippen LogP contribution >= 0.6 is 11.6 Å². The van der Waals surface area contributed by atoms with Gasteiger partial charge in [-0.2, -0.15) is 5.10 Å². The largest absolute Gasteiger partial charge is 0.504 e. The number of phenols is 2. The molecule has 2 aromatic rings. The number of benzene rings is 2. The Morgan fingerprint density at radius 3 is 2.47 bits per heavy atom. The fourth-order valence-electron chi connectivity index (χ4n) is 1.39. The number of nitrogens with zero attached hydrogens (tertiary/aromatic N) is 1. The fourth-order valence-corrected chi connectivity index (χ4v) is 1.61. The van der Waals surface area contributed by atoms with Crippen LogP contribution < -0.4 is 5.43 Å². The van der Waals surface area contributed by atoms with E-state index in [0.29, 0.717) is 11.3 Å². The Hall–Kier alpha value is -2.27. The van der Waals surface area contributed by atoms with Crippen LogP contribution in [0.25, 0.3) is 0 Å². The number of nitrogens with one attached hydrogen (secondary N) is 1. The number of aromatic hydroxyl groups is 2. The zero-order valence-corrected chi connectivity index (χ0v) is 10.4. The molecule has 0 saturated carbocycles. The third-order valence-electron chi connectivity index (χ3n) is 2.32. The first-order chi connectivity index (χ1) is 9.06. The van der Waals surface area contributed by atoms with Gasteiger partial charge in [-0.25, -0.2) is 4.39 Å². The van der Waals surface area contributed by atoms with E-state index < -0.39 is 0 Å². The lowest BCUT2D eigenvalue weighted by molar-refractivity contribution is 0.404. The summed E-state index contributed by atoms with van der Waals surface area (Å²) in [5, 5.41) is 22.6. The molecule has 0 saturated heterocycles. The molecule has 0 fully saturated rings. The van der Waals surface area contributed by atoms with E-state index in [2.05, 4.69) is 10.5 Å². The van der Waals surface area contributed by atoms with Crippen LogP contribution in [-0.2, 0) is 0 Å². The number of hydrazone groups is 1. The van der Waals surface area contributed by atoms with Crippen LogP contribution in [0.1, 0.15) is 5.56 Å². The Morgan fingerprint density at radius 1 is 1.16 bits per heavy atom. The van der Waals surface area contributed by atoms with Crippen LogP contribution in [0.4, 0.5) is 10.1 Å². The monoisotopic (exact) mass is 280 g/mol. The first-order valence-electron chi connectivity index (χ1n) is 5.32. The SMILES string of the molecule is Oc1cc(/C=N/Nc2ccc(F)cc2)cc(Cl)c1O. The lowest BCUT2D eigenvalue weighted by Gasteiger charge is -2.02. The summed E-state index contributed by atoms with van der Waals surface area (Å²) in [4.78, 5) is 0. The van der Waals surface area contributed by atoms with Crippen LogP contribution in [0.15, 0.2) is 41.5 Å². The quantitative estimate of drug-likeness (QED) is 0.459. The van der Waals surface area contributed by atoms with E-state index in [1.807, 2.05) is 0 Å². The highest BCUT2D eigenvalue weighted by Crippen LogP contribution is 2.33. The van der Waals surface area contributed by atoms with Gasteiger partial charge in [0.05, 0.1) is 16.9 Å².